The molecular formula is C14H13ClN2O3. The lowest BCUT2D eigenvalue weighted by atomic mass is 10.1. The highest BCUT2D eigenvalue weighted by Crippen LogP contribution is 2.32. The standard InChI is InChI=1S/C14H13ClN2O3/c1-9(16)10-5-6-14(13(15)7-10)20-12-4-2-3-11(8-12)17(18)19/h2-9H,16H2,1H3. The summed E-state index contributed by atoms with van der Waals surface area (Å²) in [5.41, 5.74) is 6.62. The first-order chi connectivity index (χ1) is 9.47. The molecule has 1 atom stereocenters. The number of nitrogens with two attached hydrogens (primary N) is 1. The van der Waals surface area contributed by atoms with E-state index in [2.05, 4.69) is 0 Å². The van der Waals surface area contributed by atoms with E-state index in [9.17, 15) is 10.1 Å². The smallest absolute Gasteiger partial charge is 0.273 e. The van der Waals surface area contributed by atoms with Crippen LogP contribution in [0.3, 0.4) is 0 Å². The number of hydrogen-bond donors (Lipinski definition) is 1. The summed E-state index contributed by atoms with van der Waals surface area (Å²) in [4.78, 5) is 10.2. The van der Waals surface area contributed by atoms with Gasteiger partial charge < -0.3 is 10.5 Å². The van der Waals surface area contributed by atoms with Crippen molar-refractivity contribution in [3.8, 4) is 11.5 Å². The van der Waals surface area contributed by atoms with E-state index in [1.807, 2.05) is 13.0 Å². The van der Waals surface area contributed by atoms with Gasteiger partial charge in [0.05, 0.1) is 16.0 Å². The minimum atomic E-state index is -0.479. The second-order valence-electron chi connectivity index (χ2n) is 4.34. The zero-order valence-corrected chi connectivity index (χ0v) is 11.5. The lowest BCUT2D eigenvalue weighted by Crippen LogP contribution is -2.04. The summed E-state index contributed by atoms with van der Waals surface area (Å²) in [5.74, 6) is 0.784. The van der Waals surface area contributed by atoms with Gasteiger partial charge in [-0.05, 0) is 30.7 Å². The van der Waals surface area contributed by atoms with Gasteiger partial charge in [-0.1, -0.05) is 23.7 Å². The van der Waals surface area contributed by atoms with E-state index in [1.165, 1.54) is 12.1 Å². The van der Waals surface area contributed by atoms with Crippen LogP contribution in [0.5, 0.6) is 11.5 Å². The summed E-state index contributed by atoms with van der Waals surface area (Å²) < 4.78 is 5.56. The number of halogens is 1. The first-order valence-electron chi connectivity index (χ1n) is 5.94. The highest BCUT2D eigenvalue weighted by molar-refractivity contribution is 6.32. The third-order valence-electron chi connectivity index (χ3n) is 2.74. The van der Waals surface area contributed by atoms with Gasteiger partial charge in [0.2, 0.25) is 0 Å². The Morgan fingerprint density at radius 3 is 2.65 bits per heavy atom. The van der Waals surface area contributed by atoms with Crippen LogP contribution in [0.4, 0.5) is 5.69 Å². The fraction of sp³-hybridized carbons (Fsp3) is 0.143. The third-order valence-corrected chi connectivity index (χ3v) is 3.03. The number of non-ortho nitro benzene ring substituents is 1. The minimum absolute atomic E-state index is 0.0363. The van der Waals surface area contributed by atoms with Gasteiger partial charge in [-0.25, -0.2) is 0 Å². The molecule has 0 amide bonds. The molecule has 0 saturated carbocycles. The van der Waals surface area contributed by atoms with Gasteiger partial charge in [0.25, 0.3) is 5.69 Å². The number of ether oxygens (including phenoxy) is 1. The fourth-order valence-electron chi connectivity index (χ4n) is 1.67. The topological polar surface area (TPSA) is 78.4 Å². The quantitative estimate of drug-likeness (QED) is 0.681. The molecule has 0 radical (unpaired) electrons. The molecule has 104 valence electrons. The monoisotopic (exact) mass is 292 g/mol. The average Bonchev–Trinajstić information content (AvgIpc) is 2.41. The van der Waals surface area contributed by atoms with E-state index in [1.54, 1.807) is 24.3 Å². The van der Waals surface area contributed by atoms with Gasteiger partial charge in [-0.3, -0.25) is 10.1 Å². The minimum Gasteiger partial charge on any atom is -0.456 e. The zero-order valence-electron chi connectivity index (χ0n) is 10.7. The molecule has 5 nitrogen and oxygen atoms in total. The van der Waals surface area contributed by atoms with Crippen molar-refractivity contribution >= 4 is 17.3 Å². The Bertz CT molecular complexity index is 644. The summed E-state index contributed by atoms with van der Waals surface area (Å²) in [5, 5.41) is 11.1. The molecule has 6 heteroatoms. The third kappa shape index (κ3) is 3.26. The van der Waals surface area contributed by atoms with Crippen molar-refractivity contribution in [2.45, 2.75) is 13.0 Å². The van der Waals surface area contributed by atoms with Crippen molar-refractivity contribution in [2.75, 3.05) is 0 Å². The Balaban J connectivity index is 2.26. The Kier molecular flexibility index (Phi) is 4.22. The number of nitrogens with zero attached hydrogens (tertiary/aromatic N) is 1. The van der Waals surface area contributed by atoms with Crippen molar-refractivity contribution in [1.29, 1.82) is 0 Å². The molecule has 0 aliphatic heterocycles. The molecule has 0 aromatic heterocycles. The summed E-state index contributed by atoms with van der Waals surface area (Å²) in [7, 11) is 0. The highest BCUT2D eigenvalue weighted by atomic mass is 35.5. The first kappa shape index (κ1) is 14.3. The molecular weight excluding hydrogens is 280 g/mol. The number of hydrogen-bond acceptors (Lipinski definition) is 4. The van der Waals surface area contributed by atoms with E-state index >= 15 is 0 Å². The molecule has 1 unspecified atom stereocenters. The van der Waals surface area contributed by atoms with Crippen molar-refractivity contribution in [1.82, 2.24) is 0 Å². The zero-order chi connectivity index (χ0) is 14.7. The van der Waals surface area contributed by atoms with Crippen molar-refractivity contribution in [3.05, 3.63) is 63.2 Å². The van der Waals surface area contributed by atoms with Crippen LogP contribution in [0, 0.1) is 10.1 Å². The maximum Gasteiger partial charge on any atom is 0.273 e. The second kappa shape index (κ2) is 5.90. The molecule has 0 bridgehead atoms. The van der Waals surface area contributed by atoms with E-state index in [4.69, 9.17) is 22.1 Å². The molecule has 20 heavy (non-hydrogen) atoms. The largest absolute Gasteiger partial charge is 0.456 e. The predicted octanol–water partition coefficient (Wildman–Crippen LogP) is 4.06. The van der Waals surface area contributed by atoms with Crippen LogP contribution < -0.4 is 10.5 Å². The van der Waals surface area contributed by atoms with E-state index in [0.717, 1.165) is 5.56 Å². The van der Waals surface area contributed by atoms with E-state index < -0.39 is 4.92 Å². The van der Waals surface area contributed by atoms with Gasteiger partial charge >= 0.3 is 0 Å². The lowest BCUT2D eigenvalue weighted by molar-refractivity contribution is -0.384. The Morgan fingerprint density at radius 1 is 1.30 bits per heavy atom. The normalized spacial score (nSPS) is 11.9. The number of benzene rings is 2. The van der Waals surface area contributed by atoms with Crippen LogP contribution in [0.25, 0.3) is 0 Å². The maximum absolute atomic E-state index is 10.7. The number of nitro benzene ring substituents is 1. The summed E-state index contributed by atoms with van der Waals surface area (Å²) in [6.07, 6.45) is 0. The van der Waals surface area contributed by atoms with Gasteiger partial charge in [-0.2, -0.15) is 0 Å². The number of nitro groups is 1. The molecule has 2 aromatic carbocycles. The molecule has 0 heterocycles. The number of rotatable bonds is 4. The van der Waals surface area contributed by atoms with E-state index in [-0.39, 0.29) is 11.7 Å². The van der Waals surface area contributed by atoms with Crippen LogP contribution in [0.1, 0.15) is 18.5 Å². The Morgan fingerprint density at radius 2 is 2.05 bits per heavy atom. The molecule has 0 fully saturated rings. The van der Waals surface area contributed by atoms with Crippen LogP contribution in [-0.2, 0) is 0 Å². The summed E-state index contributed by atoms with van der Waals surface area (Å²) in [6, 6.07) is 11.0. The van der Waals surface area contributed by atoms with Crippen molar-refractivity contribution < 1.29 is 9.66 Å². The molecule has 2 aromatic rings. The lowest BCUT2D eigenvalue weighted by Gasteiger charge is -2.10. The molecule has 2 rings (SSSR count). The van der Waals surface area contributed by atoms with E-state index in [0.29, 0.717) is 16.5 Å². The highest BCUT2D eigenvalue weighted by Gasteiger charge is 2.10. The molecule has 0 aliphatic rings. The van der Waals surface area contributed by atoms with Gasteiger partial charge in [0.1, 0.15) is 11.5 Å². The van der Waals surface area contributed by atoms with Crippen molar-refractivity contribution in [2.24, 2.45) is 5.73 Å². The summed E-state index contributed by atoms with van der Waals surface area (Å²) in [6.45, 7) is 1.85. The van der Waals surface area contributed by atoms with Crippen LogP contribution in [0.15, 0.2) is 42.5 Å². The van der Waals surface area contributed by atoms with Crippen molar-refractivity contribution in [3.63, 3.8) is 0 Å². The molecule has 0 aliphatic carbocycles. The van der Waals surface area contributed by atoms with Gasteiger partial charge in [-0.15, -0.1) is 0 Å². The second-order valence-corrected chi connectivity index (χ2v) is 4.74. The molecule has 0 saturated heterocycles. The Hall–Kier alpha value is -2.11. The van der Waals surface area contributed by atoms with Gasteiger partial charge in [0.15, 0.2) is 0 Å². The van der Waals surface area contributed by atoms with Gasteiger partial charge in [0, 0.05) is 12.1 Å². The predicted molar refractivity (Wildman–Crippen MR) is 77.2 cm³/mol. The van der Waals surface area contributed by atoms with Crippen LogP contribution >= 0.6 is 11.6 Å². The maximum atomic E-state index is 10.7. The first-order valence-corrected chi connectivity index (χ1v) is 6.32. The van der Waals surface area contributed by atoms with Crippen LogP contribution in [-0.4, -0.2) is 4.92 Å². The summed E-state index contributed by atoms with van der Waals surface area (Å²) >= 11 is 6.11. The van der Waals surface area contributed by atoms with Crippen LogP contribution in [0.2, 0.25) is 5.02 Å². The fourth-order valence-corrected chi connectivity index (χ4v) is 1.90. The molecule has 2 N–H and O–H groups in total. The Labute approximate surface area is 121 Å². The molecule has 0 spiro atoms. The average molecular weight is 293 g/mol. The SMILES string of the molecule is CC(N)c1ccc(Oc2cccc([N+](=O)[O-])c2)c(Cl)c1.